The number of hydrogen-bond acceptors (Lipinski definition) is 3. The Morgan fingerprint density at radius 2 is 2.20 bits per heavy atom. The van der Waals surface area contributed by atoms with Crippen LogP contribution in [0.5, 0.6) is 0 Å². The molecule has 1 aliphatic carbocycles. The Balaban J connectivity index is 1.79. The molecule has 110 valence electrons. The van der Waals surface area contributed by atoms with E-state index in [0.29, 0.717) is 18.2 Å². The lowest BCUT2D eigenvalue weighted by Gasteiger charge is -2.38. The van der Waals surface area contributed by atoms with Gasteiger partial charge in [-0.05, 0) is 37.4 Å². The molecule has 1 N–H and O–H groups in total. The second-order valence-electron chi connectivity index (χ2n) is 6.08. The van der Waals surface area contributed by atoms with Crippen molar-refractivity contribution >= 4 is 0 Å². The van der Waals surface area contributed by atoms with E-state index in [9.17, 15) is 0 Å². The van der Waals surface area contributed by atoms with Crippen LogP contribution < -0.4 is 5.32 Å². The molecule has 0 amide bonds. The van der Waals surface area contributed by atoms with Gasteiger partial charge in [0.1, 0.15) is 0 Å². The topological polar surface area (TPSA) is 24.5 Å². The minimum atomic E-state index is 0.360. The first-order chi connectivity index (χ1) is 9.79. The lowest BCUT2D eigenvalue weighted by Crippen LogP contribution is -2.50. The summed E-state index contributed by atoms with van der Waals surface area (Å²) in [5, 5.41) is 3.77. The summed E-state index contributed by atoms with van der Waals surface area (Å²) in [5.41, 5.74) is 3.02. The highest BCUT2D eigenvalue weighted by Crippen LogP contribution is 2.35. The van der Waals surface area contributed by atoms with Crippen LogP contribution in [0.2, 0.25) is 0 Å². The number of benzene rings is 1. The second kappa shape index (κ2) is 6.25. The summed E-state index contributed by atoms with van der Waals surface area (Å²) in [7, 11) is 0. The van der Waals surface area contributed by atoms with Crippen LogP contribution in [0.3, 0.4) is 0 Å². The van der Waals surface area contributed by atoms with Gasteiger partial charge in [0.25, 0.3) is 0 Å². The smallest absolute Gasteiger partial charge is 0.0674 e. The van der Waals surface area contributed by atoms with E-state index >= 15 is 0 Å². The molecule has 1 aromatic rings. The largest absolute Gasteiger partial charge is 0.376 e. The van der Waals surface area contributed by atoms with Crippen LogP contribution in [0.25, 0.3) is 0 Å². The monoisotopic (exact) mass is 274 g/mol. The van der Waals surface area contributed by atoms with Crippen LogP contribution in [0.4, 0.5) is 0 Å². The molecule has 3 unspecified atom stereocenters. The third-order valence-corrected chi connectivity index (χ3v) is 4.56. The van der Waals surface area contributed by atoms with E-state index < -0.39 is 0 Å². The molecular formula is C17H26N2O. The van der Waals surface area contributed by atoms with Gasteiger partial charge in [0, 0.05) is 25.2 Å². The Hall–Kier alpha value is -0.900. The van der Waals surface area contributed by atoms with Gasteiger partial charge in [-0.1, -0.05) is 31.2 Å². The Kier molecular flexibility index (Phi) is 4.39. The zero-order chi connectivity index (χ0) is 13.9. The molecule has 1 aliphatic heterocycles. The molecule has 1 saturated heterocycles. The molecule has 1 aromatic carbocycles. The summed E-state index contributed by atoms with van der Waals surface area (Å²) < 4.78 is 5.70. The molecular weight excluding hydrogens is 248 g/mol. The zero-order valence-electron chi connectivity index (χ0n) is 12.6. The van der Waals surface area contributed by atoms with Crippen molar-refractivity contribution in [3.05, 3.63) is 35.4 Å². The summed E-state index contributed by atoms with van der Waals surface area (Å²) in [6, 6.07) is 10.00. The molecule has 0 radical (unpaired) electrons. The van der Waals surface area contributed by atoms with Crippen LogP contribution in [0.15, 0.2) is 24.3 Å². The van der Waals surface area contributed by atoms with Crippen molar-refractivity contribution in [2.75, 3.05) is 26.2 Å². The summed E-state index contributed by atoms with van der Waals surface area (Å²) >= 11 is 0. The van der Waals surface area contributed by atoms with Gasteiger partial charge >= 0.3 is 0 Å². The number of nitrogens with zero attached hydrogens (tertiary/aromatic N) is 1. The maximum Gasteiger partial charge on any atom is 0.0674 e. The molecule has 0 saturated carbocycles. The van der Waals surface area contributed by atoms with Gasteiger partial charge in [-0.15, -0.1) is 0 Å². The van der Waals surface area contributed by atoms with E-state index in [1.807, 2.05) is 0 Å². The Labute approximate surface area is 122 Å². The number of ether oxygens (including phenoxy) is 1. The SMILES string of the molecule is CCCNC1c2ccccc2CC1N1CCOC(C)C1. The lowest BCUT2D eigenvalue weighted by molar-refractivity contribution is -0.0379. The van der Waals surface area contributed by atoms with Crippen molar-refractivity contribution in [2.24, 2.45) is 0 Å². The van der Waals surface area contributed by atoms with Gasteiger partial charge < -0.3 is 10.1 Å². The molecule has 0 spiro atoms. The molecule has 0 bridgehead atoms. The van der Waals surface area contributed by atoms with E-state index in [1.165, 1.54) is 24.0 Å². The molecule has 3 atom stereocenters. The summed E-state index contributed by atoms with van der Waals surface area (Å²) in [6.07, 6.45) is 2.72. The first kappa shape index (κ1) is 14.1. The maximum absolute atomic E-state index is 5.70. The van der Waals surface area contributed by atoms with Crippen LogP contribution in [0, 0.1) is 0 Å². The highest BCUT2D eigenvalue weighted by atomic mass is 16.5. The average Bonchev–Trinajstić information content (AvgIpc) is 2.84. The minimum Gasteiger partial charge on any atom is -0.376 e. The molecule has 1 fully saturated rings. The van der Waals surface area contributed by atoms with Crippen molar-refractivity contribution in [3.8, 4) is 0 Å². The van der Waals surface area contributed by atoms with Crippen LogP contribution in [-0.4, -0.2) is 43.3 Å². The number of hydrogen-bond donors (Lipinski definition) is 1. The number of rotatable bonds is 4. The predicted molar refractivity (Wildman–Crippen MR) is 82.0 cm³/mol. The first-order valence-electron chi connectivity index (χ1n) is 7.96. The minimum absolute atomic E-state index is 0.360. The van der Waals surface area contributed by atoms with Crippen LogP contribution >= 0.6 is 0 Å². The average molecular weight is 274 g/mol. The highest BCUT2D eigenvalue weighted by molar-refractivity contribution is 5.37. The van der Waals surface area contributed by atoms with E-state index in [4.69, 9.17) is 4.74 Å². The van der Waals surface area contributed by atoms with Gasteiger partial charge in [-0.3, -0.25) is 4.90 Å². The number of fused-ring (bicyclic) bond motifs is 1. The Morgan fingerprint density at radius 3 is 3.00 bits per heavy atom. The fraction of sp³-hybridized carbons (Fsp3) is 0.647. The molecule has 0 aromatic heterocycles. The Morgan fingerprint density at radius 1 is 1.35 bits per heavy atom. The van der Waals surface area contributed by atoms with Gasteiger partial charge in [0.2, 0.25) is 0 Å². The number of morpholine rings is 1. The lowest BCUT2D eigenvalue weighted by atomic mass is 10.0. The quantitative estimate of drug-likeness (QED) is 0.912. The van der Waals surface area contributed by atoms with Gasteiger partial charge in [0.05, 0.1) is 12.7 Å². The summed E-state index contributed by atoms with van der Waals surface area (Å²) in [4.78, 5) is 2.63. The van der Waals surface area contributed by atoms with Crippen LogP contribution in [-0.2, 0) is 11.2 Å². The van der Waals surface area contributed by atoms with E-state index in [1.54, 1.807) is 0 Å². The van der Waals surface area contributed by atoms with E-state index in [0.717, 1.165) is 26.2 Å². The fourth-order valence-electron chi connectivity index (χ4n) is 3.61. The molecule has 3 rings (SSSR count). The van der Waals surface area contributed by atoms with Crippen molar-refractivity contribution in [2.45, 2.75) is 44.9 Å². The Bertz CT molecular complexity index is 448. The summed E-state index contributed by atoms with van der Waals surface area (Å²) in [5.74, 6) is 0. The standard InChI is InChI=1S/C17H26N2O/c1-3-8-18-17-15-7-5-4-6-14(15)11-16(17)19-9-10-20-13(2)12-19/h4-7,13,16-18H,3,8-12H2,1-2H3. The van der Waals surface area contributed by atoms with Crippen molar-refractivity contribution in [3.63, 3.8) is 0 Å². The molecule has 2 aliphatic rings. The van der Waals surface area contributed by atoms with Crippen LogP contribution in [0.1, 0.15) is 37.4 Å². The first-order valence-corrected chi connectivity index (χ1v) is 7.96. The third kappa shape index (κ3) is 2.76. The van der Waals surface area contributed by atoms with Gasteiger partial charge in [-0.2, -0.15) is 0 Å². The third-order valence-electron chi connectivity index (χ3n) is 4.56. The zero-order valence-corrected chi connectivity index (χ0v) is 12.6. The molecule has 3 heteroatoms. The normalized spacial score (nSPS) is 30.4. The van der Waals surface area contributed by atoms with Crippen molar-refractivity contribution in [1.29, 1.82) is 0 Å². The highest BCUT2D eigenvalue weighted by Gasteiger charge is 2.37. The van der Waals surface area contributed by atoms with Gasteiger partial charge in [-0.25, -0.2) is 0 Å². The molecule has 3 nitrogen and oxygen atoms in total. The van der Waals surface area contributed by atoms with Crippen molar-refractivity contribution in [1.82, 2.24) is 10.2 Å². The van der Waals surface area contributed by atoms with Crippen molar-refractivity contribution < 1.29 is 4.74 Å². The molecule has 1 heterocycles. The van der Waals surface area contributed by atoms with Gasteiger partial charge in [0.15, 0.2) is 0 Å². The maximum atomic E-state index is 5.70. The van der Waals surface area contributed by atoms with E-state index in [2.05, 4.69) is 48.3 Å². The molecule has 20 heavy (non-hydrogen) atoms. The van der Waals surface area contributed by atoms with E-state index in [-0.39, 0.29) is 0 Å². The fourth-order valence-corrected chi connectivity index (χ4v) is 3.61. The number of nitrogens with one attached hydrogen (secondary N) is 1. The predicted octanol–water partition coefficient (Wildman–Crippen LogP) is 2.37. The second-order valence-corrected chi connectivity index (χ2v) is 6.08. The summed E-state index contributed by atoms with van der Waals surface area (Å²) in [6.45, 7) is 8.50.